The van der Waals surface area contributed by atoms with Gasteiger partial charge >= 0.3 is 0 Å². The maximum atomic E-state index is 7.25. The largest absolute Gasteiger partial charge is 0.453 e. The molecule has 9 aromatic rings. The molecular formula is C59H57NO. The summed E-state index contributed by atoms with van der Waals surface area (Å²) in [5, 5.41) is 10.8. The van der Waals surface area contributed by atoms with Crippen LogP contribution in [-0.4, -0.2) is 0 Å². The lowest BCUT2D eigenvalue weighted by Crippen LogP contribution is -2.12. The van der Waals surface area contributed by atoms with E-state index in [1.165, 1.54) is 117 Å². The third-order valence-electron chi connectivity index (χ3n) is 14.1. The Kier molecular flexibility index (Phi) is 10.3. The van der Waals surface area contributed by atoms with Gasteiger partial charge in [-0.15, -0.1) is 0 Å². The van der Waals surface area contributed by atoms with E-state index in [9.17, 15) is 0 Å². The Labute approximate surface area is 361 Å². The van der Waals surface area contributed by atoms with Crippen molar-refractivity contribution in [3.8, 4) is 11.1 Å². The Balaban J connectivity index is 0.00000107. The number of rotatable bonds is 8. The summed E-state index contributed by atoms with van der Waals surface area (Å²) in [5.41, 5.74) is 14.8. The van der Waals surface area contributed by atoms with E-state index in [1.54, 1.807) is 17.7 Å². The topological polar surface area (TPSA) is 16.4 Å². The van der Waals surface area contributed by atoms with Crippen LogP contribution in [0.5, 0.6) is 0 Å². The molecule has 0 bridgehead atoms. The first-order valence-electron chi connectivity index (χ1n) is 22.7. The van der Waals surface area contributed by atoms with Crippen LogP contribution in [0.4, 0.5) is 17.1 Å². The van der Waals surface area contributed by atoms with Gasteiger partial charge in [0, 0.05) is 27.4 Å². The number of allylic oxidation sites excluding steroid dienone is 2. The van der Waals surface area contributed by atoms with Crippen LogP contribution in [0, 0.1) is 13.8 Å². The maximum absolute atomic E-state index is 7.25. The molecule has 0 spiro atoms. The van der Waals surface area contributed by atoms with Crippen molar-refractivity contribution >= 4 is 71.3 Å². The summed E-state index contributed by atoms with van der Waals surface area (Å²) in [5.74, 6) is 1.60. The molecule has 2 heteroatoms. The van der Waals surface area contributed by atoms with E-state index in [0.717, 1.165) is 38.9 Å². The van der Waals surface area contributed by atoms with Gasteiger partial charge in [-0.1, -0.05) is 167 Å². The molecule has 0 N–H and O–H groups in total. The normalized spacial score (nSPS) is 14.8. The maximum Gasteiger partial charge on any atom is 0.159 e. The van der Waals surface area contributed by atoms with Crippen molar-refractivity contribution in [1.82, 2.24) is 0 Å². The molecule has 2 nitrogen and oxygen atoms in total. The first-order chi connectivity index (χ1) is 29.9. The smallest absolute Gasteiger partial charge is 0.159 e. The highest BCUT2D eigenvalue weighted by Crippen LogP contribution is 2.52. The minimum Gasteiger partial charge on any atom is -0.453 e. The molecule has 2 saturated carbocycles. The van der Waals surface area contributed by atoms with Gasteiger partial charge in [-0.05, 0) is 136 Å². The fourth-order valence-corrected chi connectivity index (χ4v) is 11.1. The predicted octanol–water partition coefficient (Wildman–Crippen LogP) is 18.0. The monoisotopic (exact) mass is 795 g/mol. The zero-order chi connectivity index (χ0) is 41.8. The van der Waals surface area contributed by atoms with Gasteiger partial charge in [0.2, 0.25) is 0 Å². The van der Waals surface area contributed by atoms with Gasteiger partial charge in [0.15, 0.2) is 5.58 Å². The summed E-state index contributed by atoms with van der Waals surface area (Å²) in [6.07, 6.45) is 13.7. The molecule has 0 amide bonds. The number of nitrogens with zero attached hydrogens (tertiary/aromatic N) is 1. The van der Waals surface area contributed by atoms with E-state index in [1.807, 2.05) is 0 Å². The minimum absolute atomic E-state index is 0.398. The Morgan fingerprint density at radius 3 is 1.75 bits per heavy atom. The van der Waals surface area contributed by atoms with Gasteiger partial charge < -0.3 is 9.32 Å². The summed E-state index contributed by atoms with van der Waals surface area (Å²) in [7, 11) is 0. The summed E-state index contributed by atoms with van der Waals surface area (Å²) < 4.78 is 7.25. The highest BCUT2D eigenvalue weighted by atomic mass is 16.3. The van der Waals surface area contributed by atoms with E-state index in [0.29, 0.717) is 17.8 Å². The molecule has 8 aromatic carbocycles. The number of furan rings is 1. The molecule has 2 fully saturated rings. The molecular weight excluding hydrogens is 739 g/mol. The second kappa shape index (κ2) is 16.1. The number of hydrogen-bond acceptors (Lipinski definition) is 2. The van der Waals surface area contributed by atoms with Crippen LogP contribution in [0.1, 0.15) is 111 Å². The zero-order valence-corrected chi connectivity index (χ0v) is 36.4. The van der Waals surface area contributed by atoms with Crippen molar-refractivity contribution in [2.24, 2.45) is 0 Å². The van der Waals surface area contributed by atoms with Gasteiger partial charge in [-0.2, -0.15) is 0 Å². The Morgan fingerprint density at radius 2 is 1.10 bits per heavy atom. The molecule has 0 radical (unpaired) electrons. The molecule has 0 aliphatic heterocycles. The summed E-state index contributed by atoms with van der Waals surface area (Å²) in [4.78, 5) is 2.53. The summed E-state index contributed by atoms with van der Waals surface area (Å²) in [6, 6.07) is 46.3. The fraction of sp³-hybridized carbons (Fsp3) is 0.254. The number of fused-ring (bicyclic) bond motifs is 3. The van der Waals surface area contributed by atoms with Crippen LogP contribution in [0.2, 0.25) is 0 Å². The molecule has 61 heavy (non-hydrogen) atoms. The molecule has 2 aliphatic rings. The summed E-state index contributed by atoms with van der Waals surface area (Å²) in [6.45, 7) is 15.8. The lowest BCUT2D eigenvalue weighted by Gasteiger charge is -2.30. The number of benzene rings is 8. The van der Waals surface area contributed by atoms with E-state index in [2.05, 4.69) is 167 Å². The third-order valence-corrected chi connectivity index (χ3v) is 14.1. The minimum atomic E-state index is 0.398. The Hall–Kier alpha value is -6.12. The Bertz CT molecular complexity index is 3070. The first kappa shape index (κ1) is 39.0. The Morgan fingerprint density at radius 1 is 0.541 bits per heavy atom. The molecule has 0 saturated heterocycles. The van der Waals surface area contributed by atoms with Gasteiger partial charge in [0.1, 0.15) is 5.58 Å². The molecule has 1 aromatic heterocycles. The van der Waals surface area contributed by atoms with Crippen LogP contribution < -0.4 is 4.90 Å². The number of anilines is 3. The van der Waals surface area contributed by atoms with Crippen LogP contribution in [0.15, 0.2) is 151 Å². The van der Waals surface area contributed by atoms with Crippen LogP contribution in [0.3, 0.4) is 0 Å². The van der Waals surface area contributed by atoms with Crippen molar-refractivity contribution in [1.29, 1.82) is 0 Å². The highest BCUT2D eigenvalue weighted by molar-refractivity contribution is 6.28. The average Bonchev–Trinajstić information content (AvgIpc) is 4.10. The third kappa shape index (κ3) is 6.63. The van der Waals surface area contributed by atoms with Gasteiger partial charge in [0.25, 0.3) is 0 Å². The van der Waals surface area contributed by atoms with E-state index >= 15 is 0 Å². The van der Waals surface area contributed by atoms with Crippen LogP contribution in [-0.2, 0) is 0 Å². The molecule has 1 heterocycles. The molecule has 0 atom stereocenters. The molecule has 0 unspecified atom stereocenters. The van der Waals surface area contributed by atoms with E-state index < -0.39 is 0 Å². The lowest BCUT2D eigenvalue weighted by atomic mass is 9.82. The van der Waals surface area contributed by atoms with Crippen LogP contribution in [0.25, 0.3) is 65.4 Å². The van der Waals surface area contributed by atoms with Crippen molar-refractivity contribution in [2.75, 3.05) is 4.90 Å². The summed E-state index contributed by atoms with van der Waals surface area (Å²) >= 11 is 0. The van der Waals surface area contributed by atoms with E-state index in [-0.39, 0.29) is 0 Å². The average molecular weight is 796 g/mol. The number of para-hydroxylation sites is 2. The van der Waals surface area contributed by atoms with Crippen molar-refractivity contribution in [3.05, 3.63) is 174 Å². The highest BCUT2D eigenvalue weighted by Gasteiger charge is 2.29. The zero-order valence-electron chi connectivity index (χ0n) is 36.4. The van der Waals surface area contributed by atoms with Crippen molar-refractivity contribution in [3.63, 3.8) is 0 Å². The number of aryl methyl sites for hydroxylation is 2. The molecule has 304 valence electrons. The lowest BCUT2D eigenvalue weighted by molar-refractivity contribution is 0.670. The predicted molar refractivity (Wildman–Crippen MR) is 264 cm³/mol. The van der Waals surface area contributed by atoms with Gasteiger partial charge in [-0.25, -0.2) is 0 Å². The second-order valence-corrected chi connectivity index (χ2v) is 18.1. The van der Waals surface area contributed by atoms with Crippen molar-refractivity contribution < 1.29 is 4.42 Å². The van der Waals surface area contributed by atoms with E-state index in [4.69, 9.17) is 4.42 Å². The fourth-order valence-electron chi connectivity index (χ4n) is 11.1. The number of hydrogen-bond donors (Lipinski definition) is 0. The standard InChI is InChI=1S/C55H51NO.C4H6/c1-33(2)39-17-9-10-18-41(39)44-19-11-20-45-46-21-12-22-50(55(46)57-54(44)45)56(38-25-23-34(3)24-26-38)51-32-49(37-15-7-8-16-37)43-28-27-40-35(4)31-48(36-13-5-6-14-36)42-29-30-47(51)53(43)52(40)42;1-3-4-2/h9-12,17-33,36-37H,5-8,13-16H2,1-4H3;3-4H,1-2H2. The van der Waals surface area contributed by atoms with Crippen molar-refractivity contribution in [2.45, 2.75) is 96.8 Å². The van der Waals surface area contributed by atoms with Crippen LogP contribution >= 0.6 is 0 Å². The SMILES string of the molecule is C=CC=C.Cc1ccc(N(c2cc(C3CCCC3)c3ccc4c(C)cc(C5CCCC5)c5ccc2c3c45)c2cccc3c2oc2c(-c4ccccc4C(C)C)cccc23)cc1. The second-order valence-electron chi connectivity index (χ2n) is 18.1. The first-order valence-corrected chi connectivity index (χ1v) is 22.7. The molecule has 11 rings (SSSR count). The van der Waals surface area contributed by atoms with Gasteiger partial charge in [0.05, 0.1) is 11.4 Å². The van der Waals surface area contributed by atoms with Gasteiger partial charge in [-0.3, -0.25) is 0 Å². The quantitative estimate of drug-likeness (QED) is 0.112. The molecule has 2 aliphatic carbocycles.